The molecule has 20 heavy (non-hydrogen) atoms. The summed E-state index contributed by atoms with van der Waals surface area (Å²) in [5.74, 6) is -0.213. The van der Waals surface area contributed by atoms with Crippen molar-refractivity contribution in [2.45, 2.75) is 25.6 Å². The molecule has 0 aromatic carbocycles. The molecule has 1 aliphatic heterocycles. The predicted molar refractivity (Wildman–Crippen MR) is 73.8 cm³/mol. The molecule has 2 heterocycles. The van der Waals surface area contributed by atoms with Gasteiger partial charge in [0.15, 0.2) is 0 Å². The number of aromatic nitrogens is 2. The van der Waals surface area contributed by atoms with Crippen molar-refractivity contribution in [2.75, 3.05) is 26.8 Å². The summed E-state index contributed by atoms with van der Waals surface area (Å²) in [5, 5.41) is 0.255. The third-order valence-corrected chi connectivity index (χ3v) is 3.27. The molecule has 1 unspecified atom stereocenters. The lowest BCUT2D eigenvalue weighted by molar-refractivity contribution is -0.143. The number of methoxy groups -OCH3 is 1. The molecule has 0 aliphatic carbocycles. The van der Waals surface area contributed by atoms with Gasteiger partial charge < -0.3 is 14.4 Å². The zero-order valence-corrected chi connectivity index (χ0v) is 12.6. The molecular weight excluding hydrogens is 282 g/mol. The van der Waals surface area contributed by atoms with Crippen molar-refractivity contribution < 1.29 is 14.3 Å². The summed E-state index contributed by atoms with van der Waals surface area (Å²) in [6, 6.07) is 0. The molecule has 110 valence electrons. The molecule has 1 aliphatic rings. The van der Waals surface area contributed by atoms with Crippen molar-refractivity contribution in [1.82, 2.24) is 14.9 Å². The summed E-state index contributed by atoms with van der Waals surface area (Å²) in [6.07, 6.45) is 2.57. The predicted octanol–water partition coefficient (Wildman–Crippen LogP) is 1.40. The van der Waals surface area contributed by atoms with Gasteiger partial charge >= 0.3 is 0 Å². The number of carbonyl (C=O) groups excluding carboxylic acids is 1. The van der Waals surface area contributed by atoms with Crippen LogP contribution in [-0.4, -0.2) is 59.3 Å². The first kappa shape index (κ1) is 15.2. The van der Waals surface area contributed by atoms with E-state index in [1.807, 2.05) is 13.8 Å². The van der Waals surface area contributed by atoms with Crippen LogP contribution >= 0.6 is 11.6 Å². The molecule has 1 aromatic rings. The largest absolute Gasteiger partial charge is 0.382 e. The Hall–Kier alpha value is -1.24. The van der Waals surface area contributed by atoms with E-state index in [0.29, 0.717) is 19.7 Å². The number of amides is 1. The van der Waals surface area contributed by atoms with E-state index in [1.54, 1.807) is 12.0 Å². The molecule has 1 saturated heterocycles. The van der Waals surface area contributed by atoms with Gasteiger partial charge in [-0.2, -0.15) is 0 Å². The number of hydrogen-bond donors (Lipinski definition) is 0. The molecule has 2 rings (SSSR count). The van der Waals surface area contributed by atoms with Crippen LogP contribution in [0, 0.1) is 0 Å². The van der Waals surface area contributed by atoms with E-state index in [9.17, 15) is 4.79 Å². The Morgan fingerprint density at radius 1 is 1.65 bits per heavy atom. The number of halogens is 1. The van der Waals surface area contributed by atoms with Crippen LogP contribution < -0.4 is 0 Å². The van der Waals surface area contributed by atoms with Crippen molar-refractivity contribution in [2.24, 2.45) is 0 Å². The highest BCUT2D eigenvalue weighted by Crippen LogP contribution is 2.23. The second-order valence-corrected chi connectivity index (χ2v) is 5.77. The summed E-state index contributed by atoms with van der Waals surface area (Å²) in [5.41, 5.74) is -0.216. The Bertz CT molecular complexity index is 496. The number of morpholine rings is 1. The van der Waals surface area contributed by atoms with Crippen molar-refractivity contribution in [3.05, 3.63) is 23.2 Å². The Labute approximate surface area is 123 Å². The van der Waals surface area contributed by atoms with Gasteiger partial charge in [0.1, 0.15) is 12.0 Å². The maximum atomic E-state index is 12.5. The lowest BCUT2D eigenvalue weighted by Gasteiger charge is -2.42. The van der Waals surface area contributed by atoms with Crippen LogP contribution in [0.5, 0.6) is 0 Å². The van der Waals surface area contributed by atoms with E-state index in [1.165, 1.54) is 12.5 Å². The van der Waals surface area contributed by atoms with Gasteiger partial charge in [0, 0.05) is 26.4 Å². The molecule has 0 radical (unpaired) electrons. The van der Waals surface area contributed by atoms with Gasteiger partial charge in [0.25, 0.3) is 5.91 Å². The van der Waals surface area contributed by atoms with Gasteiger partial charge in [-0.25, -0.2) is 9.97 Å². The third-order valence-electron chi connectivity index (χ3n) is 2.99. The fourth-order valence-corrected chi connectivity index (χ4v) is 2.53. The first-order valence-electron chi connectivity index (χ1n) is 6.34. The van der Waals surface area contributed by atoms with Gasteiger partial charge in [0.05, 0.1) is 23.3 Å². The van der Waals surface area contributed by atoms with Gasteiger partial charge in [-0.05, 0) is 13.8 Å². The van der Waals surface area contributed by atoms with Gasteiger partial charge in [0.2, 0.25) is 0 Å². The highest BCUT2D eigenvalue weighted by molar-refractivity contribution is 6.33. The third kappa shape index (κ3) is 3.45. The molecule has 0 saturated carbocycles. The second kappa shape index (κ2) is 6.03. The van der Waals surface area contributed by atoms with Crippen LogP contribution in [-0.2, 0) is 9.47 Å². The Morgan fingerprint density at radius 3 is 3.05 bits per heavy atom. The summed E-state index contributed by atoms with van der Waals surface area (Å²) < 4.78 is 11.0. The molecule has 0 spiro atoms. The van der Waals surface area contributed by atoms with Crippen molar-refractivity contribution >= 4 is 17.5 Å². The van der Waals surface area contributed by atoms with E-state index in [2.05, 4.69) is 9.97 Å². The number of ether oxygens (including phenoxy) is 2. The molecule has 0 bridgehead atoms. The topological polar surface area (TPSA) is 64.5 Å². The fraction of sp³-hybridized carbons (Fsp3) is 0.615. The minimum Gasteiger partial charge on any atom is -0.382 e. The molecule has 1 atom stereocenters. The van der Waals surface area contributed by atoms with Gasteiger partial charge in [-0.1, -0.05) is 11.6 Å². The second-order valence-electron chi connectivity index (χ2n) is 5.36. The summed E-state index contributed by atoms with van der Waals surface area (Å²) >= 11 is 5.98. The van der Waals surface area contributed by atoms with E-state index < -0.39 is 5.60 Å². The number of hydrogen-bond acceptors (Lipinski definition) is 5. The average molecular weight is 300 g/mol. The van der Waals surface area contributed by atoms with Crippen LogP contribution in [0.2, 0.25) is 5.02 Å². The first-order chi connectivity index (χ1) is 9.43. The molecule has 1 fully saturated rings. The van der Waals surface area contributed by atoms with E-state index >= 15 is 0 Å². The summed E-state index contributed by atoms with van der Waals surface area (Å²) in [4.78, 5) is 22.0. The number of nitrogens with zero attached hydrogens (tertiary/aromatic N) is 3. The molecule has 6 nitrogen and oxygen atoms in total. The van der Waals surface area contributed by atoms with Crippen LogP contribution in [0.4, 0.5) is 0 Å². The zero-order valence-electron chi connectivity index (χ0n) is 11.8. The molecule has 1 aromatic heterocycles. The number of rotatable bonds is 3. The van der Waals surface area contributed by atoms with E-state index in [4.69, 9.17) is 21.1 Å². The minimum absolute atomic E-state index is 0.159. The standard InChI is InChI=1S/C13H18ClN3O3/c1-13(2)7-17(5-9(20-13)6-19-3)12(18)11-10(14)4-15-8-16-11/h4,8-9H,5-7H2,1-3H3. The first-order valence-corrected chi connectivity index (χ1v) is 6.72. The zero-order chi connectivity index (χ0) is 14.8. The molecule has 1 amide bonds. The smallest absolute Gasteiger partial charge is 0.274 e. The summed E-state index contributed by atoms with van der Waals surface area (Å²) in [6.45, 7) is 5.25. The monoisotopic (exact) mass is 299 g/mol. The normalized spacial score (nSPS) is 21.8. The SMILES string of the molecule is COCC1CN(C(=O)c2ncncc2Cl)CC(C)(C)O1. The lowest BCUT2D eigenvalue weighted by atomic mass is 10.0. The van der Waals surface area contributed by atoms with Gasteiger partial charge in [-0.3, -0.25) is 4.79 Å². The van der Waals surface area contributed by atoms with Crippen LogP contribution in [0.25, 0.3) is 0 Å². The molecule has 0 N–H and O–H groups in total. The number of carbonyl (C=O) groups is 1. The van der Waals surface area contributed by atoms with Crippen molar-refractivity contribution in [3.63, 3.8) is 0 Å². The Balaban J connectivity index is 2.18. The van der Waals surface area contributed by atoms with Crippen LogP contribution in [0.1, 0.15) is 24.3 Å². The minimum atomic E-state index is -0.434. The average Bonchev–Trinajstić information content (AvgIpc) is 2.37. The molecular formula is C13H18ClN3O3. The highest BCUT2D eigenvalue weighted by Gasteiger charge is 2.36. The lowest BCUT2D eigenvalue weighted by Crippen LogP contribution is -2.55. The quantitative estimate of drug-likeness (QED) is 0.844. The van der Waals surface area contributed by atoms with Gasteiger partial charge in [-0.15, -0.1) is 0 Å². The van der Waals surface area contributed by atoms with Crippen molar-refractivity contribution in [3.8, 4) is 0 Å². The molecule has 7 heteroatoms. The van der Waals surface area contributed by atoms with E-state index in [0.717, 1.165) is 0 Å². The van der Waals surface area contributed by atoms with Crippen LogP contribution in [0.3, 0.4) is 0 Å². The Morgan fingerprint density at radius 2 is 2.40 bits per heavy atom. The summed E-state index contributed by atoms with van der Waals surface area (Å²) in [7, 11) is 1.61. The fourth-order valence-electron chi connectivity index (χ4n) is 2.34. The highest BCUT2D eigenvalue weighted by atomic mass is 35.5. The maximum absolute atomic E-state index is 12.5. The Kier molecular flexibility index (Phi) is 4.57. The van der Waals surface area contributed by atoms with Crippen LogP contribution in [0.15, 0.2) is 12.5 Å². The van der Waals surface area contributed by atoms with Crippen molar-refractivity contribution in [1.29, 1.82) is 0 Å². The maximum Gasteiger partial charge on any atom is 0.274 e. The van der Waals surface area contributed by atoms with E-state index in [-0.39, 0.29) is 22.7 Å².